The zero-order chi connectivity index (χ0) is 23.5. The van der Waals surface area contributed by atoms with E-state index in [0.29, 0.717) is 27.3 Å². The standard InChI is InChI=1S/C24H17Cl4N3OS/c1-14-7-8-17(26)20(11-14)29-23-22(33-10-9-15-5-3-2-4-6-15)24(32)31(30-23)21-18(27)12-16(25)13-19(21)28/h2-13,22H,1H3,(H,29,30)/b10-9+. The van der Waals surface area contributed by atoms with Gasteiger partial charge in [0, 0.05) is 5.02 Å². The van der Waals surface area contributed by atoms with Gasteiger partial charge in [-0.3, -0.25) is 10.2 Å². The maximum atomic E-state index is 13.4. The number of amidine groups is 1. The molecule has 0 radical (unpaired) electrons. The minimum Gasteiger partial charge on any atom is -0.276 e. The number of amides is 1. The Labute approximate surface area is 216 Å². The fourth-order valence-electron chi connectivity index (χ4n) is 3.18. The Kier molecular flexibility index (Phi) is 7.57. The van der Waals surface area contributed by atoms with Gasteiger partial charge in [0.05, 0.1) is 20.8 Å². The maximum Gasteiger partial charge on any atom is 0.266 e. The second kappa shape index (κ2) is 10.4. The summed E-state index contributed by atoms with van der Waals surface area (Å²) in [6.07, 6.45) is 1.93. The van der Waals surface area contributed by atoms with Gasteiger partial charge in [0.15, 0.2) is 0 Å². The molecule has 4 rings (SSSR count). The van der Waals surface area contributed by atoms with Crippen molar-refractivity contribution in [2.45, 2.75) is 12.2 Å². The highest BCUT2D eigenvalue weighted by atomic mass is 35.5. The molecule has 1 amide bonds. The van der Waals surface area contributed by atoms with Crippen molar-refractivity contribution in [2.75, 3.05) is 5.01 Å². The fourth-order valence-corrected chi connectivity index (χ4v) is 5.18. The number of benzene rings is 3. The number of rotatable bonds is 5. The second-order valence-electron chi connectivity index (χ2n) is 7.18. The molecule has 0 aromatic heterocycles. The number of carbonyl (C=O) groups is 1. The quantitative estimate of drug-likeness (QED) is 0.359. The van der Waals surface area contributed by atoms with Crippen molar-refractivity contribution in [1.82, 2.24) is 5.43 Å². The fraction of sp³-hybridized carbons (Fsp3) is 0.0833. The predicted octanol–water partition coefficient (Wildman–Crippen LogP) is 7.96. The van der Waals surface area contributed by atoms with E-state index < -0.39 is 5.25 Å². The number of hydrogen-bond donors (Lipinski definition) is 1. The van der Waals surface area contributed by atoms with Gasteiger partial charge in [-0.2, -0.15) is 0 Å². The number of nitrogens with zero attached hydrogens (tertiary/aromatic N) is 2. The number of nitrogens with one attached hydrogen (secondary N) is 1. The summed E-state index contributed by atoms with van der Waals surface area (Å²) in [5.74, 6) is 0.142. The van der Waals surface area contributed by atoms with Crippen molar-refractivity contribution in [3.8, 4) is 0 Å². The molecule has 0 saturated carbocycles. The molecule has 9 heteroatoms. The molecule has 168 valence electrons. The van der Waals surface area contributed by atoms with Gasteiger partial charge in [-0.25, -0.2) is 10.0 Å². The maximum absolute atomic E-state index is 13.4. The highest BCUT2D eigenvalue weighted by Gasteiger charge is 2.40. The Bertz CT molecular complexity index is 1240. The van der Waals surface area contributed by atoms with Crippen LogP contribution < -0.4 is 10.4 Å². The van der Waals surface area contributed by atoms with Gasteiger partial charge >= 0.3 is 0 Å². The number of aliphatic imine (C=N–C) groups is 1. The first-order chi connectivity index (χ1) is 15.8. The van der Waals surface area contributed by atoms with Crippen molar-refractivity contribution in [1.29, 1.82) is 0 Å². The number of hydrazine groups is 1. The van der Waals surface area contributed by atoms with Gasteiger partial charge in [-0.15, -0.1) is 11.8 Å². The first-order valence-electron chi connectivity index (χ1n) is 9.80. The summed E-state index contributed by atoms with van der Waals surface area (Å²) in [6.45, 7) is 1.95. The summed E-state index contributed by atoms with van der Waals surface area (Å²) in [4.78, 5) is 18.1. The third-order valence-electron chi connectivity index (χ3n) is 4.74. The molecule has 0 aliphatic carbocycles. The molecule has 0 bridgehead atoms. The van der Waals surface area contributed by atoms with Gasteiger partial charge in [0.2, 0.25) is 0 Å². The number of aryl methyl sites for hydroxylation is 1. The van der Waals surface area contributed by atoms with Crippen molar-refractivity contribution >= 4 is 87.4 Å². The van der Waals surface area contributed by atoms with Gasteiger partial charge in [0.1, 0.15) is 16.8 Å². The molecule has 1 N–H and O–H groups in total. The molecular formula is C24H17Cl4N3OS. The molecule has 1 aliphatic heterocycles. The lowest BCUT2D eigenvalue weighted by molar-refractivity contribution is -0.116. The molecule has 1 atom stereocenters. The van der Waals surface area contributed by atoms with Crippen LogP contribution in [-0.4, -0.2) is 17.0 Å². The summed E-state index contributed by atoms with van der Waals surface area (Å²) in [5.41, 5.74) is 5.94. The number of thioether (sulfide) groups is 1. The highest BCUT2D eigenvalue weighted by Crippen LogP contribution is 2.39. The van der Waals surface area contributed by atoms with Crippen LogP contribution in [0.25, 0.3) is 6.08 Å². The molecule has 1 fully saturated rings. The van der Waals surface area contributed by atoms with E-state index in [1.54, 1.807) is 6.07 Å². The van der Waals surface area contributed by atoms with E-state index in [9.17, 15) is 4.79 Å². The molecule has 3 aromatic carbocycles. The monoisotopic (exact) mass is 535 g/mol. The van der Waals surface area contributed by atoms with Crippen LogP contribution in [0.3, 0.4) is 0 Å². The lowest BCUT2D eigenvalue weighted by Crippen LogP contribution is -2.36. The Morgan fingerprint density at radius 1 is 0.970 bits per heavy atom. The lowest BCUT2D eigenvalue weighted by Gasteiger charge is -2.19. The van der Waals surface area contributed by atoms with E-state index in [-0.39, 0.29) is 16.0 Å². The summed E-state index contributed by atoms with van der Waals surface area (Å²) in [5, 5.41) is 3.84. The summed E-state index contributed by atoms with van der Waals surface area (Å²) >= 11 is 26.5. The molecule has 3 aromatic rings. The summed E-state index contributed by atoms with van der Waals surface area (Å²) in [6, 6.07) is 18.4. The third kappa shape index (κ3) is 5.51. The van der Waals surface area contributed by atoms with E-state index in [0.717, 1.165) is 11.1 Å². The summed E-state index contributed by atoms with van der Waals surface area (Å²) < 4.78 is 0. The molecule has 0 spiro atoms. The number of halogens is 4. The first kappa shape index (κ1) is 24.0. The Balaban J connectivity index is 1.72. The van der Waals surface area contributed by atoms with E-state index >= 15 is 0 Å². The smallest absolute Gasteiger partial charge is 0.266 e. The average molecular weight is 537 g/mol. The topological polar surface area (TPSA) is 44.7 Å². The van der Waals surface area contributed by atoms with Crippen LogP contribution in [0, 0.1) is 6.92 Å². The van der Waals surface area contributed by atoms with Crippen molar-refractivity contribution in [3.05, 3.63) is 97.3 Å². The number of anilines is 1. The van der Waals surface area contributed by atoms with Crippen LogP contribution in [0.5, 0.6) is 0 Å². The largest absolute Gasteiger partial charge is 0.276 e. The zero-order valence-electron chi connectivity index (χ0n) is 17.2. The van der Waals surface area contributed by atoms with Gasteiger partial charge in [0.25, 0.3) is 5.91 Å². The number of carbonyl (C=O) groups excluding carboxylic acids is 1. The minimum atomic E-state index is -0.663. The molecular weight excluding hydrogens is 520 g/mol. The van der Waals surface area contributed by atoms with Crippen LogP contribution in [-0.2, 0) is 4.79 Å². The van der Waals surface area contributed by atoms with Crippen molar-refractivity contribution in [2.24, 2.45) is 4.99 Å². The SMILES string of the molecule is Cc1ccc(Cl)c(N=C2NN(c3c(Cl)cc(Cl)cc3Cl)C(=O)C2S/C=C/c2ccccc2)c1. The highest BCUT2D eigenvalue weighted by molar-refractivity contribution is 8.04. The van der Waals surface area contributed by atoms with E-state index in [1.807, 2.05) is 60.9 Å². The Hall–Kier alpha value is -2.15. The van der Waals surface area contributed by atoms with Gasteiger partial charge in [-0.05, 0) is 53.8 Å². The predicted molar refractivity (Wildman–Crippen MR) is 142 cm³/mol. The molecule has 1 aliphatic rings. The number of hydrogen-bond acceptors (Lipinski definition) is 3. The first-order valence-corrected chi connectivity index (χ1v) is 12.3. The van der Waals surface area contributed by atoms with Crippen LogP contribution in [0.15, 0.2) is 71.1 Å². The van der Waals surface area contributed by atoms with Gasteiger partial charge in [-0.1, -0.05) is 82.8 Å². The minimum absolute atomic E-state index is 0.242. The molecule has 4 nitrogen and oxygen atoms in total. The Morgan fingerprint density at radius 3 is 2.36 bits per heavy atom. The molecule has 1 unspecified atom stereocenters. The normalized spacial score (nSPS) is 17.2. The zero-order valence-corrected chi connectivity index (χ0v) is 21.1. The summed E-state index contributed by atoms with van der Waals surface area (Å²) in [7, 11) is 0. The third-order valence-corrected chi connectivity index (χ3v) is 6.85. The van der Waals surface area contributed by atoms with Crippen LogP contribution in [0.4, 0.5) is 11.4 Å². The molecule has 33 heavy (non-hydrogen) atoms. The van der Waals surface area contributed by atoms with Crippen LogP contribution in [0.2, 0.25) is 20.1 Å². The molecule has 1 heterocycles. The van der Waals surface area contributed by atoms with E-state index in [1.165, 1.54) is 28.9 Å². The molecule has 1 saturated heterocycles. The van der Waals surface area contributed by atoms with Crippen LogP contribution in [0.1, 0.15) is 11.1 Å². The van der Waals surface area contributed by atoms with E-state index in [2.05, 4.69) is 10.4 Å². The van der Waals surface area contributed by atoms with Crippen molar-refractivity contribution in [3.63, 3.8) is 0 Å². The average Bonchev–Trinajstić information content (AvgIpc) is 3.06. The second-order valence-corrected chi connectivity index (χ2v) is 9.86. The van der Waals surface area contributed by atoms with Crippen LogP contribution >= 0.6 is 58.2 Å². The van der Waals surface area contributed by atoms with Gasteiger partial charge < -0.3 is 0 Å². The lowest BCUT2D eigenvalue weighted by atomic mass is 10.2. The van der Waals surface area contributed by atoms with Crippen molar-refractivity contribution < 1.29 is 4.79 Å². The van der Waals surface area contributed by atoms with E-state index in [4.69, 9.17) is 46.4 Å². The Morgan fingerprint density at radius 2 is 1.67 bits per heavy atom.